The fraction of sp³-hybridized carbons (Fsp3) is 0.276. The van der Waals surface area contributed by atoms with Crippen LogP contribution in [0.1, 0.15) is 29.8 Å². The van der Waals surface area contributed by atoms with Crippen molar-refractivity contribution in [3.05, 3.63) is 88.1 Å². The van der Waals surface area contributed by atoms with Gasteiger partial charge in [0.15, 0.2) is 0 Å². The van der Waals surface area contributed by atoms with Gasteiger partial charge in [-0.05, 0) is 42.8 Å². The predicted molar refractivity (Wildman–Crippen MR) is 145 cm³/mol. The molecule has 0 radical (unpaired) electrons. The first-order valence-corrected chi connectivity index (χ1v) is 12.7. The number of ether oxygens (including phenoxy) is 3. The number of para-hydroxylation sites is 1. The average molecular weight is 512 g/mol. The molecule has 2 N–H and O–H groups in total. The Hall–Kier alpha value is -4.37. The molecule has 2 aliphatic rings. The number of morpholine rings is 1. The summed E-state index contributed by atoms with van der Waals surface area (Å²) in [5.74, 6) is 2.07. The summed E-state index contributed by atoms with van der Waals surface area (Å²) in [7, 11) is 1.57. The van der Waals surface area contributed by atoms with Crippen LogP contribution < -0.4 is 25.2 Å². The Morgan fingerprint density at radius 2 is 1.92 bits per heavy atom. The van der Waals surface area contributed by atoms with E-state index in [0.717, 1.165) is 70.5 Å². The molecule has 194 valence electrons. The first-order chi connectivity index (χ1) is 18.6. The quantitative estimate of drug-likeness (QED) is 0.343. The lowest BCUT2D eigenvalue weighted by molar-refractivity contribution is 0.122. The fourth-order valence-electron chi connectivity index (χ4n) is 4.94. The Balaban J connectivity index is 1.25. The van der Waals surface area contributed by atoms with E-state index in [2.05, 4.69) is 37.3 Å². The maximum absolute atomic E-state index is 12.6. The van der Waals surface area contributed by atoms with E-state index in [0.29, 0.717) is 19.1 Å². The van der Waals surface area contributed by atoms with Crippen molar-refractivity contribution in [3.8, 4) is 28.6 Å². The van der Waals surface area contributed by atoms with Crippen LogP contribution in [0.2, 0.25) is 0 Å². The largest absolute Gasteiger partial charge is 0.480 e. The smallest absolute Gasteiger partial charge is 0.250 e. The predicted octanol–water partition coefficient (Wildman–Crippen LogP) is 4.55. The molecule has 1 saturated heterocycles. The average Bonchev–Trinajstić information content (AvgIpc) is 2.96. The molecule has 1 fully saturated rings. The lowest BCUT2D eigenvalue weighted by Crippen LogP contribution is -2.36. The zero-order valence-electron chi connectivity index (χ0n) is 21.4. The molecule has 1 atom stereocenters. The van der Waals surface area contributed by atoms with Crippen LogP contribution >= 0.6 is 0 Å². The van der Waals surface area contributed by atoms with Crippen LogP contribution in [0.15, 0.2) is 65.7 Å². The second-order valence-corrected chi connectivity index (χ2v) is 9.46. The molecule has 2 aromatic heterocycles. The van der Waals surface area contributed by atoms with Gasteiger partial charge in [-0.3, -0.25) is 9.78 Å². The van der Waals surface area contributed by atoms with Gasteiger partial charge < -0.3 is 29.4 Å². The molecule has 2 aliphatic heterocycles. The van der Waals surface area contributed by atoms with Gasteiger partial charge in [0, 0.05) is 48.1 Å². The van der Waals surface area contributed by atoms with E-state index >= 15 is 0 Å². The highest BCUT2D eigenvalue weighted by Crippen LogP contribution is 2.43. The van der Waals surface area contributed by atoms with Crippen molar-refractivity contribution < 1.29 is 14.2 Å². The third kappa shape index (κ3) is 4.80. The molecule has 0 saturated carbocycles. The van der Waals surface area contributed by atoms with Gasteiger partial charge in [-0.2, -0.15) is 0 Å². The van der Waals surface area contributed by atoms with Crippen molar-refractivity contribution in [2.24, 2.45) is 0 Å². The van der Waals surface area contributed by atoms with Crippen molar-refractivity contribution in [1.82, 2.24) is 15.0 Å². The Bertz CT molecular complexity index is 1510. The number of H-pyrrole nitrogens is 1. The highest BCUT2D eigenvalue weighted by molar-refractivity contribution is 5.74. The SMILES string of the molecule is COc1cnc(C(C)Nc2ccc3c(c2)Cc2cccc(-c4cc(N5CCOCC5)cc(=O)[nH]4)c2O3)cn1. The number of aromatic amines is 1. The number of hydrogen-bond acceptors (Lipinski definition) is 8. The number of rotatable bonds is 6. The molecular formula is C29H29N5O4. The third-order valence-electron chi connectivity index (χ3n) is 6.93. The number of pyridine rings is 1. The summed E-state index contributed by atoms with van der Waals surface area (Å²) in [5.41, 5.74) is 6.32. The summed E-state index contributed by atoms with van der Waals surface area (Å²) in [6.45, 7) is 4.89. The number of methoxy groups -OCH3 is 1. The molecule has 2 aromatic carbocycles. The Kier molecular flexibility index (Phi) is 6.43. The van der Waals surface area contributed by atoms with Crippen molar-refractivity contribution in [2.45, 2.75) is 19.4 Å². The van der Waals surface area contributed by atoms with Gasteiger partial charge in [0.1, 0.15) is 11.5 Å². The van der Waals surface area contributed by atoms with Gasteiger partial charge in [0.25, 0.3) is 0 Å². The van der Waals surface area contributed by atoms with Gasteiger partial charge in [0.2, 0.25) is 11.4 Å². The van der Waals surface area contributed by atoms with Gasteiger partial charge in [-0.15, -0.1) is 0 Å². The van der Waals surface area contributed by atoms with E-state index in [4.69, 9.17) is 14.2 Å². The van der Waals surface area contributed by atoms with Crippen LogP contribution in [-0.4, -0.2) is 48.4 Å². The highest BCUT2D eigenvalue weighted by atomic mass is 16.5. The van der Waals surface area contributed by atoms with E-state index in [-0.39, 0.29) is 11.6 Å². The number of hydrogen-bond donors (Lipinski definition) is 2. The zero-order chi connectivity index (χ0) is 26.1. The maximum Gasteiger partial charge on any atom is 0.250 e. The van der Waals surface area contributed by atoms with Gasteiger partial charge in [0.05, 0.1) is 50.1 Å². The second-order valence-electron chi connectivity index (χ2n) is 9.46. The van der Waals surface area contributed by atoms with Crippen molar-refractivity contribution >= 4 is 11.4 Å². The van der Waals surface area contributed by atoms with E-state index in [9.17, 15) is 4.79 Å². The Labute approximate surface area is 220 Å². The Morgan fingerprint density at radius 1 is 1.05 bits per heavy atom. The topological polar surface area (TPSA) is 102 Å². The first kappa shape index (κ1) is 24.0. The van der Waals surface area contributed by atoms with E-state index < -0.39 is 0 Å². The lowest BCUT2D eigenvalue weighted by atomic mass is 9.96. The molecule has 9 nitrogen and oxygen atoms in total. The summed E-state index contributed by atoms with van der Waals surface area (Å²) in [6.07, 6.45) is 4.05. The summed E-state index contributed by atoms with van der Waals surface area (Å²) >= 11 is 0. The normalized spacial score (nSPS) is 15.2. The van der Waals surface area contributed by atoms with Crippen molar-refractivity contribution in [1.29, 1.82) is 0 Å². The van der Waals surface area contributed by atoms with Crippen LogP contribution in [0.25, 0.3) is 11.3 Å². The minimum Gasteiger partial charge on any atom is -0.480 e. The van der Waals surface area contributed by atoms with Crippen LogP contribution in [0, 0.1) is 0 Å². The lowest BCUT2D eigenvalue weighted by Gasteiger charge is -2.29. The number of anilines is 2. The van der Waals surface area contributed by atoms with Crippen LogP contribution in [0.5, 0.6) is 17.4 Å². The summed E-state index contributed by atoms with van der Waals surface area (Å²) in [5, 5.41) is 3.50. The van der Waals surface area contributed by atoms with Crippen molar-refractivity contribution in [3.63, 3.8) is 0 Å². The zero-order valence-corrected chi connectivity index (χ0v) is 21.4. The van der Waals surface area contributed by atoms with Crippen LogP contribution in [-0.2, 0) is 11.2 Å². The fourth-order valence-corrected chi connectivity index (χ4v) is 4.94. The molecule has 0 amide bonds. The van der Waals surface area contributed by atoms with E-state index in [1.807, 2.05) is 37.3 Å². The van der Waals surface area contributed by atoms with Gasteiger partial charge in [-0.25, -0.2) is 4.98 Å². The third-order valence-corrected chi connectivity index (χ3v) is 6.93. The van der Waals surface area contributed by atoms with Crippen LogP contribution in [0.4, 0.5) is 11.4 Å². The molecule has 6 rings (SSSR count). The maximum atomic E-state index is 12.6. The summed E-state index contributed by atoms with van der Waals surface area (Å²) < 4.78 is 17.0. The van der Waals surface area contributed by atoms with Crippen molar-refractivity contribution in [2.75, 3.05) is 43.6 Å². The van der Waals surface area contributed by atoms with Gasteiger partial charge >= 0.3 is 0 Å². The molecule has 1 unspecified atom stereocenters. The molecular weight excluding hydrogens is 482 g/mol. The standard InChI is InChI=1S/C29H29N5O4/c1-18(25-16-31-28(36-2)17-30-25)32-21-6-7-26-20(13-21)12-19-4-3-5-23(29(19)38-26)24-14-22(15-27(35)33-24)34-8-10-37-11-9-34/h3-7,13-18,32H,8-12H2,1-2H3,(H,33,35). The number of aromatic nitrogens is 3. The van der Waals surface area contributed by atoms with E-state index in [1.165, 1.54) is 0 Å². The molecule has 4 heterocycles. The minimum absolute atomic E-state index is 0.0366. The molecule has 0 bridgehead atoms. The molecule has 4 aromatic rings. The minimum atomic E-state index is -0.135. The first-order valence-electron chi connectivity index (χ1n) is 12.7. The number of nitrogens with one attached hydrogen (secondary N) is 2. The van der Waals surface area contributed by atoms with Crippen LogP contribution in [0.3, 0.4) is 0 Å². The highest BCUT2D eigenvalue weighted by Gasteiger charge is 2.23. The number of benzene rings is 2. The van der Waals surface area contributed by atoms with Gasteiger partial charge in [-0.1, -0.05) is 12.1 Å². The number of nitrogens with zero attached hydrogens (tertiary/aromatic N) is 3. The molecule has 9 heteroatoms. The number of fused-ring (bicyclic) bond motifs is 2. The second kappa shape index (κ2) is 10.2. The monoisotopic (exact) mass is 511 g/mol. The van der Waals surface area contributed by atoms with E-state index in [1.54, 1.807) is 25.6 Å². The summed E-state index contributed by atoms with van der Waals surface area (Å²) in [4.78, 5) is 26.5. The summed E-state index contributed by atoms with van der Waals surface area (Å²) in [6, 6.07) is 15.8. The molecule has 38 heavy (non-hydrogen) atoms. The molecule has 0 aliphatic carbocycles. The Morgan fingerprint density at radius 3 is 2.71 bits per heavy atom. The molecule has 0 spiro atoms.